The molecule has 1 N–H and O–H groups in total. The van der Waals surface area contributed by atoms with Gasteiger partial charge in [-0.15, -0.1) is 0 Å². The van der Waals surface area contributed by atoms with E-state index < -0.39 is 12.0 Å². The first kappa shape index (κ1) is 21.6. The van der Waals surface area contributed by atoms with Gasteiger partial charge in [0.2, 0.25) is 0 Å². The number of para-hydroxylation sites is 1. The van der Waals surface area contributed by atoms with Gasteiger partial charge < -0.3 is 19.5 Å². The van der Waals surface area contributed by atoms with Crippen molar-refractivity contribution >= 4 is 23.5 Å². The van der Waals surface area contributed by atoms with Crippen LogP contribution in [0.15, 0.2) is 48.5 Å². The Morgan fingerprint density at radius 1 is 1.07 bits per heavy atom. The zero-order valence-electron chi connectivity index (χ0n) is 16.1. The number of carbonyl (C=O) groups is 2. The Kier molecular flexibility index (Phi) is 8.14. The number of benzene rings is 2. The molecule has 0 aliphatic heterocycles. The summed E-state index contributed by atoms with van der Waals surface area (Å²) in [5.41, 5.74) is 0.757. The molecule has 150 valence electrons. The van der Waals surface area contributed by atoms with Gasteiger partial charge in [0, 0.05) is 0 Å². The predicted octanol–water partition coefficient (Wildman–Crippen LogP) is 3.93. The molecule has 28 heavy (non-hydrogen) atoms. The third-order valence-corrected chi connectivity index (χ3v) is 4.10. The van der Waals surface area contributed by atoms with Crippen molar-refractivity contribution in [3.63, 3.8) is 0 Å². The van der Waals surface area contributed by atoms with E-state index >= 15 is 0 Å². The van der Waals surface area contributed by atoms with E-state index in [1.54, 1.807) is 69.5 Å². The molecule has 1 amide bonds. The predicted molar refractivity (Wildman–Crippen MR) is 107 cm³/mol. The van der Waals surface area contributed by atoms with E-state index in [-0.39, 0.29) is 25.0 Å². The molecule has 0 spiro atoms. The smallest absolute Gasteiger partial charge is 0.308 e. The number of hydrogen-bond acceptors (Lipinski definition) is 5. The molecule has 0 aliphatic carbocycles. The molecule has 0 bridgehead atoms. The number of carbonyl (C=O) groups excluding carboxylic acids is 2. The molecular formula is C21H24ClNO5. The quantitative estimate of drug-likeness (QED) is 0.640. The molecule has 0 fully saturated rings. The van der Waals surface area contributed by atoms with Crippen LogP contribution in [0, 0.1) is 0 Å². The van der Waals surface area contributed by atoms with Gasteiger partial charge in [-0.1, -0.05) is 35.9 Å². The van der Waals surface area contributed by atoms with Crippen molar-refractivity contribution in [1.29, 1.82) is 0 Å². The average Bonchev–Trinajstić information content (AvgIpc) is 2.66. The zero-order chi connectivity index (χ0) is 20.5. The Balaban J connectivity index is 2.05. The average molecular weight is 406 g/mol. The topological polar surface area (TPSA) is 73.9 Å². The second-order valence-corrected chi connectivity index (χ2v) is 6.76. The van der Waals surface area contributed by atoms with E-state index in [2.05, 4.69) is 5.32 Å². The molecule has 6 nitrogen and oxygen atoms in total. The van der Waals surface area contributed by atoms with E-state index in [1.807, 2.05) is 0 Å². The molecule has 2 aromatic carbocycles. The van der Waals surface area contributed by atoms with Gasteiger partial charge in [-0.3, -0.25) is 9.59 Å². The van der Waals surface area contributed by atoms with Crippen LogP contribution < -0.4 is 14.8 Å². The highest BCUT2D eigenvalue weighted by Crippen LogP contribution is 2.24. The van der Waals surface area contributed by atoms with Gasteiger partial charge in [-0.2, -0.15) is 0 Å². The highest BCUT2D eigenvalue weighted by molar-refractivity contribution is 6.32. The number of methoxy groups -OCH3 is 1. The Bertz CT molecular complexity index is 792. The molecule has 0 saturated heterocycles. The molecule has 0 aromatic heterocycles. The first-order valence-electron chi connectivity index (χ1n) is 8.89. The van der Waals surface area contributed by atoms with Crippen LogP contribution in [0.3, 0.4) is 0 Å². The van der Waals surface area contributed by atoms with Crippen LogP contribution in [0.25, 0.3) is 0 Å². The standard InChI is InChI=1S/C21H24ClNO5/c1-14(2)28-21(25)12-18(15-8-10-16(26-3)11-9-15)23-20(24)13-27-19-7-5-4-6-17(19)22/h4-11,14,18H,12-13H2,1-3H3,(H,23,24). The summed E-state index contributed by atoms with van der Waals surface area (Å²) in [5, 5.41) is 3.23. The van der Waals surface area contributed by atoms with Gasteiger partial charge in [-0.25, -0.2) is 0 Å². The first-order valence-corrected chi connectivity index (χ1v) is 9.27. The molecule has 7 heteroatoms. The van der Waals surface area contributed by atoms with Crippen molar-refractivity contribution in [2.75, 3.05) is 13.7 Å². The fourth-order valence-corrected chi connectivity index (χ4v) is 2.70. The van der Waals surface area contributed by atoms with Gasteiger partial charge >= 0.3 is 5.97 Å². The third kappa shape index (κ3) is 6.78. The van der Waals surface area contributed by atoms with E-state index in [9.17, 15) is 9.59 Å². The van der Waals surface area contributed by atoms with E-state index in [0.29, 0.717) is 16.5 Å². The lowest BCUT2D eigenvalue weighted by atomic mass is 10.0. The molecule has 0 heterocycles. The fourth-order valence-electron chi connectivity index (χ4n) is 2.51. The summed E-state index contributed by atoms with van der Waals surface area (Å²) < 4.78 is 15.8. The molecule has 2 aromatic rings. The Morgan fingerprint density at radius 3 is 2.36 bits per heavy atom. The van der Waals surface area contributed by atoms with Crippen LogP contribution in [0.2, 0.25) is 5.02 Å². The van der Waals surface area contributed by atoms with Crippen molar-refractivity contribution in [1.82, 2.24) is 5.32 Å². The maximum Gasteiger partial charge on any atom is 0.308 e. The highest BCUT2D eigenvalue weighted by atomic mass is 35.5. The third-order valence-electron chi connectivity index (χ3n) is 3.79. The summed E-state index contributed by atoms with van der Waals surface area (Å²) >= 11 is 6.03. The molecule has 2 rings (SSSR count). The van der Waals surface area contributed by atoms with E-state index in [4.69, 9.17) is 25.8 Å². The molecule has 0 aliphatic rings. The van der Waals surface area contributed by atoms with Crippen molar-refractivity contribution < 1.29 is 23.8 Å². The Labute approximate surface area is 169 Å². The Morgan fingerprint density at radius 2 is 1.75 bits per heavy atom. The number of hydrogen-bond donors (Lipinski definition) is 1. The lowest BCUT2D eigenvalue weighted by molar-refractivity contribution is -0.148. The van der Waals surface area contributed by atoms with Crippen LogP contribution in [0.5, 0.6) is 11.5 Å². The van der Waals surface area contributed by atoms with Crippen molar-refractivity contribution in [3.05, 3.63) is 59.1 Å². The number of halogens is 1. The van der Waals surface area contributed by atoms with Gasteiger partial charge in [0.25, 0.3) is 5.91 Å². The summed E-state index contributed by atoms with van der Waals surface area (Å²) in [4.78, 5) is 24.5. The van der Waals surface area contributed by atoms with Gasteiger partial charge in [-0.05, 0) is 43.7 Å². The van der Waals surface area contributed by atoms with Crippen molar-refractivity contribution in [2.24, 2.45) is 0 Å². The molecular weight excluding hydrogens is 382 g/mol. The minimum atomic E-state index is -0.556. The molecule has 1 unspecified atom stereocenters. The Hall–Kier alpha value is -2.73. The minimum absolute atomic E-state index is 0.00232. The lowest BCUT2D eigenvalue weighted by Crippen LogP contribution is -2.34. The van der Waals surface area contributed by atoms with Crippen LogP contribution in [-0.2, 0) is 14.3 Å². The van der Waals surface area contributed by atoms with Crippen LogP contribution >= 0.6 is 11.6 Å². The highest BCUT2D eigenvalue weighted by Gasteiger charge is 2.20. The van der Waals surface area contributed by atoms with E-state index in [1.165, 1.54) is 0 Å². The van der Waals surface area contributed by atoms with Gasteiger partial charge in [0.15, 0.2) is 6.61 Å². The number of ether oxygens (including phenoxy) is 3. The van der Waals surface area contributed by atoms with Gasteiger partial charge in [0.1, 0.15) is 11.5 Å². The lowest BCUT2D eigenvalue weighted by Gasteiger charge is -2.20. The summed E-state index contributed by atoms with van der Waals surface area (Å²) in [6.07, 6.45) is -0.231. The number of rotatable bonds is 9. The second-order valence-electron chi connectivity index (χ2n) is 6.36. The zero-order valence-corrected chi connectivity index (χ0v) is 16.9. The summed E-state index contributed by atoms with van der Waals surface area (Å²) in [6.45, 7) is 3.32. The number of amides is 1. The van der Waals surface area contributed by atoms with Crippen molar-refractivity contribution in [3.8, 4) is 11.5 Å². The first-order chi connectivity index (χ1) is 13.4. The monoisotopic (exact) mass is 405 g/mol. The van der Waals surface area contributed by atoms with E-state index in [0.717, 1.165) is 5.56 Å². The molecule has 0 saturated carbocycles. The van der Waals surface area contributed by atoms with Crippen LogP contribution in [0.4, 0.5) is 0 Å². The molecule has 0 radical (unpaired) electrons. The summed E-state index contributed by atoms with van der Waals surface area (Å²) in [6, 6.07) is 13.5. The maximum atomic E-state index is 12.4. The second kappa shape index (κ2) is 10.6. The number of esters is 1. The summed E-state index contributed by atoms with van der Waals surface area (Å²) in [5.74, 6) is 0.321. The fraction of sp³-hybridized carbons (Fsp3) is 0.333. The van der Waals surface area contributed by atoms with Crippen molar-refractivity contribution in [2.45, 2.75) is 32.4 Å². The normalized spacial score (nSPS) is 11.6. The minimum Gasteiger partial charge on any atom is -0.497 e. The summed E-state index contributed by atoms with van der Waals surface area (Å²) in [7, 11) is 1.57. The van der Waals surface area contributed by atoms with Gasteiger partial charge in [0.05, 0.1) is 30.7 Å². The SMILES string of the molecule is COc1ccc(C(CC(=O)OC(C)C)NC(=O)COc2ccccc2Cl)cc1. The molecule has 1 atom stereocenters. The van der Waals surface area contributed by atoms with Crippen LogP contribution in [-0.4, -0.2) is 31.7 Å². The maximum absolute atomic E-state index is 12.4. The number of nitrogens with one attached hydrogen (secondary N) is 1. The van der Waals surface area contributed by atoms with Crippen LogP contribution in [0.1, 0.15) is 31.9 Å². The largest absolute Gasteiger partial charge is 0.497 e.